The predicted octanol–water partition coefficient (Wildman–Crippen LogP) is 3.05. The van der Waals surface area contributed by atoms with Crippen molar-refractivity contribution in [2.45, 2.75) is 45.6 Å². The fourth-order valence-electron chi connectivity index (χ4n) is 2.55. The molecule has 0 saturated carbocycles. The van der Waals surface area contributed by atoms with Gasteiger partial charge in [-0.2, -0.15) is 11.3 Å². The van der Waals surface area contributed by atoms with Crippen molar-refractivity contribution in [3.05, 3.63) is 22.4 Å². The molecule has 2 amide bonds. The number of piperidine rings is 1. The highest BCUT2D eigenvalue weighted by Gasteiger charge is 2.26. The van der Waals surface area contributed by atoms with Crippen molar-refractivity contribution in [2.24, 2.45) is 5.92 Å². The molecule has 1 aromatic heterocycles. The number of carbonyl (C=O) groups is 2. The van der Waals surface area contributed by atoms with Crippen LogP contribution in [0.5, 0.6) is 0 Å². The molecule has 128 valence electrons. The molecule has 1 aromatic rings. The smallest absolute Gasteiger partial charge is 0.410 e. The second kappa shape index (κ2) is 7.81. The number of thiophene rings is 1. The van der Waals surface area contributed by atoms with Crippen LogP contribution >= 0.6 is 11.3 Å². The molecular formula is C17H26N2O3S. The second-order valence-corrected chi connectivity index (χ2v) is 7.80. The summed E-state index contributed by atoms with van der Waals surface area (Å²) in [6.07, 6.45) is 2.01. The molecule has 0 aromatic carbocycles. The zero-order valence-electron chi connectivity index (χ0n) is 14.1. The van der Waals surface area contributed by atoms with Crippen LogP contribution < -0.4 is 5.32 Å². The third kappa shape index (κ3) is 6.22. The van der Waals surface area contributed by atoms with Gasteiger partial charge in [-0.05, 0) is 61.9 Å². The Labute approximate surface area is 142 Å². The van der Waals surface area contributed by atoms with Gasteiger partial charge in [-0.25, -0.2) is 4.79 Å². The summed E-state index contributed by atoms with van der Waals surface area (Å²) in [5, 5.41) is 6.98. The van der Waals surface area contributed by atoms with Crippen molar-refractivity contribution < 1.29 is 14.3 Å². The fourth-order valence-corrected chi connectivity index (χ4v) is 3.21. The number of amides is 2. The summed E-state index contributed by atoms with van der Waals surface area (Å²) in [6.45, 7) is 7.70. The molecule has 1 N–H and O–H groups in total. The predicted molar refractivity (Wildman–Crippen MR) is 91.6 cm³/mol. The first-order valence-corrected chi connectivity index (χ1v) is 9.03. The Hall–Kier alpha value is -1.56. The number of nitrogens with zero attached hydrogens (tertiary/aromatic N) is 1. The molecule has 0 spiro atoms. The molecule has 0 atom stereocenters. The normalized spacial score (nSPS) is 16.2. The van der Waals surface area contributed by atoms with E-state index in [0.29, 0.717) is 32.0 Å². The van der Waals surface area contributed by atoms with Crippen molar-refractivity contribution in [2.75, 3.05) is 19.6 Å². The van der Waals surface area contributed by atoms with Gasteiger partial charge in [0.25, 0.3) is 0 Å². The number of nitrogens with one attached hydrogen (secondary N) is 1. The zero-order valence-corrected chi connectivity index (χ0v) is 14.9. The molecule has 2 heterocycles. The number of hydrogen-bond acceptors (Lipinski definition) is 4. The molecule has 1 fully saturated rings. The Morgan fingerprint density at radius 3 is 2.61 bits per heavy atom. The van der Waals surface area contributed by atoms with E-state index >= 15 is 0 Å². The average Bonchev–Trinajstić information content (AvgIpc) is 2.97. The van der Waals surface area contributed by atoms with Crippen LogP contribution in [0.1, 0.15) is 39.2 Å². The van der Waals surface area contributed by atoms with Crippen LogP contribution in [0.25, 0.3) is 0 Å². The average molecular weight is 338 g/mol. The molecular weight excluding hydrogens is 312 g/mol. The minimum absolute atomic E-state index is 0.0676. The van der Waals surface area contributed by atoms with E-state index in [4.69, 9.17) is 4.74 Å². The highest BCUT2D eigenvalue weighted by molar-refractivity contribution is 7.07. The van der Waals surface area contributed by atoms with Crippen molar-refractivity contribution in [1.29, 1.82) is 0 Å². The fraction of sp³-hybridized carbons (Fsp3) is 0.647. The van der Waals surface area contributed by atoms with E-state index in [1.165, 1.54) is 0 Å². The summed E-state index contributed by atoms with van der Waals surface area (Å²) >= 11 is 1.61. The first-order valence-electron chi connectivity index (χ1n) is 8.09. The van der Waals surface area contributed by atoms with Crippen molar-refractivity contribution >= 4 is 23.3 Å². The quantitative estimate of drug-likeness (QED) is 0.918. The molecule has 6 heteroatoms. The largest absolute Gasteiger partial charge is 0.444 e. The van der Waals surface area contributed by atoms with Gasteiger partial charge >= 0.3 is 6.09 Å². The highest BCUT2D eigenvalue weighted by atomic mass is 32.1. The minimum atomic E-state index is -0.455. The van der Waals surface area contributed by atoms with E-state index in [1.807, 2.05) is 37.6 Å². The van der Waals surface area contributed by atoms with Gasteiger partial charge in [-0.3, -0.25) is 4.79 Å². The van der Waals surface area contributed by atoms with Gasteiger partial charge in [0.15, 0.2) is 0 Å². The molecule has 0 radical (unpaired) electrons. The monoisotopic (exact) mass is 338 g/mol. The standard InChI is InChI=1S/C17H26N2O3S/c1-17(2,3)22-16(21)19-7-4-13(5-8-19)11-18-15(20)10-14-6-9-23-12-14/h6,9,12-13H,4-5,7-8,10-11H2,1-3H3,(H,18,20). The lowest BCUT2D eigenvalue weighted by molar-refractivity contribution is -0.120. The third-order valence-corrected chi connectivity index (χ3v) is 4.53. The van der Waals surface area contributed by atoms with E-state index in [-0.39, 0.29) is 12.0 Å². The van der Waals surface area contributed by atoms with Crippen LogP contribution in [-0.4, -0.2) is 42.1 Å². The summed E-state index contributed by atoms with van der Waals surface area (Å²) in [5.41, 5.74) is 0.607. The van der Waals surface area contributed by atoms with Crippen LogP contribution in [0.4, 0.5) is 4.79 Å². The molecule has 23 heavy (non-hydrogen) atoms. The second-order valence-electron chi connectivity index (χ2n) is 7.02. The minimum Gasteiger partial charge on any atom is -0.444 e. The summed E-state index contributed by atoms with van der Waals surface area (Å²) in [4.78, 5) is 25.6. The van der Waals surface area contributed by atoms with E-state index in [9.17, 15) is 9.59 Å². The molecule has 5 nitrogen and oxygen atoms in total. The third-order valence-electron chi connectivity index (χ3n) is 3.80. The first kappa shape index (κ1) is 17.8. The van der Waals surface area contributed by atoms with Gasteiger partial charge in [0.1, 0.15) is 5.60 Å². The Morgan fingerprint density at radius 2 is 2.04 bits per heavy atom. The lowest BCUT2D eigenvalue weighted by Gasteiger charge is -2.33. The topological polar surface area (TPSA) is 58.6 Å². The number of likely N-dealkylation sites (tertiary alicyclic amines) is 1. The Morgan fingerprint density at radius 1 is 1.35 bits per heavy atom. The van der Waals surface area contributed by atoms with E-state index in [0.717, 1.165) is 18.4 Å². The summed E-state index contributed by atoms with van der Waals surface area (Å²) in [7, 11) is 0. The lowest BCUT2D eigenvalue weighted by atomic mass is 9.97. The van der Waals surface area contributed by atoms with Crippen molar-refractivity contribution in [1.82, 2.24) is 10.2 Å². The summed E-state index contributed by atoms with van der Waals surface area (Å²) < 4.78 is 5.39. The molecule has 0 aliphatic carbocycles. The Bertz CT molecular complexity index is 514. The first-order chi connectivity index (χ1) is 10.8. The maximum absolute atomic E-state index is 12.0. The highest BCUT2D eigenvalue weighted by Crippen LogP contribution is 2.19. The van der Waals surface area contributed by atoms with Crippen LogP contribution in [-0.2, 0) is 16.0 Å². The van der Waals surface area contributed by atoms with Crippen LogP contribution in [0.15, 0.2) is 16.8 Å². The van der Waals surface area contributed by atoms with Gasteiger partial charge in [0.2, 0.25) is 5.91 Å². The van der Waals surface area contributed by atoms with Crippen LogP contribution in [0, 0.1) is 5.92 Å². The van der Waals surface area contributed by atoms with E-state index in [1.54, 1.807) is 16.2 Å². The number of hydrogen-bond donors (Lipinski definition) is 1. The van der Waals surface area contributed by atoms with Crippen LogP contribution in [0.3, 0.4) is 0 Å². The molecule has 0 unspecified atom stereocenters. The molecule has 1 aliphatic rings. The van der Waals surface area contributed by atoms with E-state index in [2.05, 4.69) is 5.32 Å². The van der Waals surface area contributed by atoms with E-state index < -0.39 is 5.60 Å². The maximum atomic E-state index is 12.0. The number of ether oxygens (including phenoxy) is 1. The zero-order chi connectivity index (χ0) is 16.9. The van der Waals surface area contributed by atoms with Crippen molar-refractivity contribution in [3.63, 3.8) is 0 Å². The molecule has 2 rings (SSSR count). The van der Waals surface area contributed by atoms with Gasteiger partial charge in [0.05, 0.1) is 6.42 Å². The van der Waals surface area contributed by atoms with Crippen molar-refractivity contribution in [3.8, 4) is 0 Å². The molecule has 1 saturated heterocycles. The van der Waals surface area contributed by atoms with Crippen LogP contribution in [0.2, 0.25) is 0 Å². The van der Waals surface area contributed by atoms with Gasteiger partial charge in [-0.1, -0.05) is 0 Å². The maximum Gasteiger partial charge on any atom is 0.410 e. The van der Waals surface area contributed by atoms with Gasteiger partial charge < -0.3 is 15.0 Å². The molecule has 0 bridgehead atoms. The summed E-state index contributed by atoms with van der Waals surface area (Å²) in [6, 6.07) is 1.98. The number of carbonyl (C=O) groups excluding carboxylic acids is 2. The SMILES string of the molecule is CC(C)(C)OC(=O)N1CCC(CNC(=O)Cc2ccsc2)CC1. The summed E-state index contributed by atoms with van der Waals surface area (Å²) in [5.74, 6) is 0.498. The Kier molecular flexibility index (Phi) is 6.04. The number of rotatable bonds is 4. The molecule has 1 aliphatic heterocycles. The Balaban J connectivity index is 1.66. The van der Waals surface area contributed by atoms with Gasteiger partial charge in [-0.15, -0.1) is 0 Å². The lowest BCUT2D eigenvalue weighted by Crippen LogP contribution is -2.43. The van der Waals surface area contributed by atoms with Gasteiger partial charge in [0, 0.05) is 19.6 Å².